The van der Waals surface area contributed by atoms with E-state index in [2.05, 4.69) is 6.07 Å². The Morgan fingerprint density at radius 1 is 1.14 bits per heavy atom. The molecule has 0 aliphatic carbocycles. The fourth-order valence-corrected chi connectivity index (χ4v) is 2.16. The van der Waals surface area contributed by atoms with Crippen LogP contribution in [0.3, 0.4) is 0 Å². The molecule has 0 bridgehead atoms. The first-order chi connectivity index (χ1) is 10.1. The van der Waals surface area contributed by atoms with Gasteiger partial charge in [-0.3, -0.25) is 4.79 Å². The van der Waals surface area contributed by atoms with Gasteiger partial charge in [0.2, 0.25) is 0 Å². The first-order valence-corrected chi connectivity index (χ1v) is 6.41. The van der Waals surface area contributed by atoms with Gasteiger partial charge in [0.1, 0.15) is 17.2 Å². The van der Waals surface area contributed by atoms with E-state index in [9.17, 15) is 4.79 Å². The SMILES string of the molecule is COc1ccc(Oc2c(C)cc(C#N)cc2C)cc1C=O. The van der Waals surface area contributed by atoms with Gasteiger partial charge in [-0.1, -0.05) is 0 Å². The van der Waals surface area contributed by atoms with Crippen molar-refractivity contribution in [2.75, 3.05) is 7.11 Å². The second-order valence-corrected chi connectivity index (χ2v) is 4.67. The summed E-state index contributed by atoms with van der Waals surface area (Å²) in [7, 11) is 1.51. The third-order valence-corrected chi connectivity index (χ3v) is 3.14. The van der Waals surface area contributed by atoms with Crippen LogP contribution in [0.4, 0.5) is 0 Å². The van der Waals surface area contributed by atoms with Crippen LogP contribution in [-0.4, -0.2) is 13.4 Å². The van der Waals surface area contributed by atoms with Gasteiger partial charge in [0.25, 0.3) is 0 Å². The molecular weight excluding hydrogens is 266 g/mol. The van der Waals surface area contributed by atoms with E-state index in [0.717, 1.165) is 17.4 Å². The van der Waals surface area contributed by atoms with Crippen LogP contribution in [0.2, 0.25) is 0 Å². The molecule has 0 saturated carbocycles. The highest BCUT2D eigenvalue weighted by atomic mass is 16.5. The molecule has 4 nitrogen and oxygen atoms in total. The third kappa shape index (κ3) is 3.03. The van der Waals surface area contributed by atoms with E-state index in [-0.39, 0.29) is 0 Å². The molecule has 0 aliphatic heterocycles. The topological polar surface area (TPSA) is 59.3 Å². The van der Waals surface area contributed by atoms with E-state index >= 15 is 0 Å². The standard InChI is InChI=1S/C17H15NO3/c1-11-6-13(9-18)7-12(2)17(11)21-15-4-5-16(20-3)14(8-15)10-19/h4-8,10H,1-3H3. The van der Waals surface area contributed by atoms with Crippen molar-refractivity contribution < 1.29 is 14.3 Å². The minimum atomic E-state index is 0.430. The largest absolute Gasteiger partial charge is 0.496 e. The van der Waals surface area contributed by atoms with Crippen LogP contribution >= 0.6 is 0 Å². The zero-order valence-electron chi connectivity index (χ0n) is 12.1. The smallest absolute Gasteiger partial charge is 0.153 e. The molecule has 0 aromatic heterocycles. The van der Waals surface area contributed by atoms with Gasteiger partial charge >= 0.3 is 0 Å². The van der Waals surface area contributed by atoms with E-state index in [1.54, 1.807) is 30.3 Å². The predicted octanol–water partition coefficient (Wildman–Crippen LogP) is 3.79. The summed E-state index contributed by atoms with van der Waals surface area (Å²) in [6.07, 6.45) is 0.726. The molecule has 4 heteroatoms. The maximum Gasteiger partial charge on any atom is 0.153 e. The van der Waals surface area contributed by atoms with Crippen molar-refractivity contribution in [1.29, 1.82) is 5.26 Å². The Morgan fingerprint density at radius 3 is 2.33 bits per heavy atom. The summed E-state index contributed by atoms with van der Waals surface area (Å²) < 4.78 is 11.0. The Balaban J connectivity index is 2.39. The lowest BCUT2D eigenvalue weighted by molar-refractivity contribution is 0.112. The lowest BCUT2D eigenvalue weighted by atomic mass is 10.1. The second kappa shape index (κ2) is 6.10. The number of aryl methyl sites for hydroxylation is 2. The molecule has 0 N–H and O–H groups in total. The highest BCUT2D eigenvalue weighted by Gasteiger charge is 2.10. The van der Waals surface area contributed by atoms with Crippen LogP contribution < -0.4 is 9.47 Å². The molecule has 0 atom stereocenters. The molecule has 21 heavy (non-hydrogen) atoms. The Morgan fingerprint density at radius 2 is 1.81 bits per heavy atom. The van der Waals surface area contributed by atoms with Crippen LogP contribution in [0.1, 0.15) is 27.0 Å². The Labute approximate surface area is 123 Å². The number of nitriles is 1. The third-order valence-electron chi connectivity index (χ3n) is 3.14. The lowest BCUT2D eigenvalue weighted by Gasteiger charge is -2.13. The average molecular weight is 281 g/mol. The van der Waals surface area contributed by atoms with E-state index in [0.29, 0.717) is 28.4 Å². The molecule has 0 aliphatic rings. The van der Waals surface area contributed by atoms with Crippen molar-refractivity contribution in [3.8, 4) is 23.3 Å². The summed E-state index contributed by atoms with van der Waals surface area (Å²) in [5.74, 6) is 1.75. The number of carbonyl (C=O) groups excluding carboxylic acids is 1. The molecule has 2 aromatic rings. The van der Waals surface area contributed by atoms with Gasteiger partial charge in [-0.05, 0) is 55.3 Å². The van der Waals surface area contributed by atoms with Gasteiger partial charge < -0.3 is 9.47 Å². The van der Waals surface area contributed by atoms with Gasteiger partial charge in [-0.2, -0.15) is 5.26 Å². The van der Waals surface area contributed by atoms with Crippen molar-refractivity contribution in [2.24, 2.45) is 0 Å². The Bertz CT molecular complexity index is 706. The van der Waals surface area contributed by atoms with Gasteiger partial charge in [-0.15, -0.1) is 0 Å². The highest BCUT2D eigenvalue weighted by molar-refractivity contribution is 5.80. The summed E-state index contributed by atoms with van der Waals surface area (Å²) in [6.45, 7) is 3.76. The number of aldehydes is 1. The number of carbonyl (C=O) groups is 1. The maximum absolute atomic E-state index is 11.0. The first-order valence-electron chi connectivity index (χ1n) is 6.41. The first kappa shape index (κ1) is 14.6. The fraction of sp³-hybridized carbons (Fsp3) is 0.176. The summed E-state index contributed by atoms with van der Waals surface area (Å²) in [5.41, 5.74) is 2.77. The van der Waals surface area contributed by atoms with E-state index < -0.39 is 0 Å². The summed E-state index contributed by atoms with van der Waals surface area (Å²) in [4.78, 5) is 11.0. The van der Waals surface area contributed by atoms with Crippen molar-refractivity contribution in [3.63, 3.8) is 0 Å². The highest BCUT2D eigenvalue weighted by Crippen LogP contribution is 2.31. The van der Waals surface area contributed by atoms with Crippen molar-refractivity contribution >= 4 is 6.29 Å². The molecule has 0 unspecified atom stereocenters. The maximum atomic E-state index is 11.0. The normalized spacial score (nSPS) is 9.81. The molecular formula is C17H15NO3. The molecule has 0 fully saturated rings. The van der Waals surface area contributed by atoms with Crippen LogP contribution in [0, 0.1) is 25.2 Å². The number of hydrogen-bond acceptors (Lipinski definition) is 4. The lowest BCUT2D eigenvalue weighted by Crippen LogP contribution is -1.95. The monoisotopic (exact) mass is 281 g/mol. The van der Waals surface area contributed by atoms with Crippen LogP contribution in [0.5, 0.6) is 17.2 Å². The van der Waals surface area contributed by atoms with Crippen molar-refractivity contribution in [1.82, 2.24) is 0 Å². The van der Waals surface area contributed by atoms with Gasteiger partial charge in [-0.25, -0.2) is 0 Å². The molecule has 0 heterocycles. The molecule has 2 rings (SSSR count). The van der Waals surface area contributed by atoms with Crippen LogP contribution in [0.25, 0.3) is 0 Å². The number of methoxy groups -OCH3 is 1. The minimum Gasteiger partial charge on any atom is -0.496 e. The fourth-order valence-electron chi connectivity index (χ4n) is 2.16. The zero-order valence-corrected chi connectivity index (χ0v) is 12.1. The molecule has 2 aromatic carbocycles. The molecule has 0 radical (unpaired) electrons. The average Bonchev–Trinajstić information content (AvgIpc) is 2.50. The van der Waals surface area contributed by atoms with Crippen LogP contribution in [-0.2, 0) is 0 Å². The number of nitrogens with zero attached hydrogens (tertiary/aromatic N) is 1. The molecule has 106 valence electrons. The Hall–Kier alpha value is -2.80. The number of rotatable bonds is 4. The van der Waals surface area contributed by atoms with Gasteiger partial charge in [0.05, 0.1) is 24.3 Å². The minimum absolute atomic E-state index is 0.430. The summed E-state index contributed by atoms with van der Waals surface area (Å²) >= 11 is 0. The Kier molecular flexibility index (Phi) is 4.24. The number of ether oxygens (including phenoxy) is 2. The van der Waals surface area contributed by atoms with Crippen LogP contribution in [0.15, 0.2) is 30.3 Å². The predicted molar refractivity (Wildman–Crippen MR) is 79.1 cm³/mol. The van der Waals surface area contributed by atoms with Crippen molar-refractivity contribution in [2.45, 2.75) is 13.8 Å². The van der Waals surface area contributed by atoms with Gasteiger partial charge in [0, 0.05) is 0 Å². The van der Waals surface area contributed by atoms with E-state index in [1.807, 2.05) is 13.8 Å². The van der Waals surface area contributed by atoms with E-state index in [1.165, 1.54) is 7.11 Å². The number of hydrogen-bond donors (Lipinski definition) is 0. The summed E-state index contributed by atoms with van der Waals surface area (Å²) in [5, 5.41) is 8.95. The number of benzene rings is 2. The molecule has 0 saturated heterocycles. The second-order valence-electron chi connectivity index (χ2n) is 4.67. The van der Waals surface area contributed by atoms with Gasteiger partial charge in [0.15, 0.2) is 6.29 Å². The van der Waals surface area contributed by atoms with Crippen molar-refractivity contribution in [3.05, 3.63) is 52.6 Å². The zero-order chi connectivity index (χ0) is 15.4. The van der Waals surface area contributed by atoms with E-state index in [4.69, 9.17) is 14.7 Å². The molecule has 0 amide bonds. The quantitative estimate of drug-likeness (QED) is 0.800. The summed E-state index contributed by atoms with van der Waals surface area (Å²) in [6, 6.07) is 10.7. The molecule has 0 spiro atoms.